The molecule has 0 unspecified atom stereocenters. The molecule has 0 amide bonds. The molecule has 2 aromatic rings. The number of terminal acetylenes is 2. The molecule has 0 spiro atoms. The average Bonchev–Trinajstić information content (AvgIpc) is 2.67. The fourth-order valence-electron chi connectivity index (χ4n) is 2.39. The zero-order valence-corrected chi connectivity index (χ0v) is 14.5. The Balaban J connectivity index is 2.25. The van der Waals surface area contributed by atoms with E-state index in [2.05, 4.69) is 11.8 Å². The molecule has 27 heavy (non-hydrogen) atoms. The second-order valence-corrected chi connectivity index (χ2v) is 5.58. The van der Waals surface area contributed by atoms with Gasteiger partial charge in [0.1, 0.15) is 0 Å². The Kier molecular flexibility index (Phi) is 6.46. The van der Waals surface area contributed by atoms with E-state index in [-0.39, 0.29) is 35.7 Å². The van der Waals surface area contributed by atoms with Gasteiger partial charge in [0.2, 0.25) is 0 Å². The molecule has 0 aliphatic carbocycles. The van der Waals surface area contributed by atoms with E-state index in [0.29, 0.717) is 6.42 Å². The molecule has 2 rings (SSSR count). The van der Waals surface area contributed by atoms with Crippen molar-refractivity contribution >= 4 is 23.3 Å². The van der Waals surface area contributed by atoms with Crippen LogP contribution >= 0.6 is 0 Å². The molecule has 0 saturated heterocycles. The van der Waals surface area contributed by atoms with Gasteiger partial charge in [-0.3, -0.25) is 0 Å². The van der Waals surface area contributed by atoms with Gasteiger partial charge in [0, 0.05) is 11.4 Å². The minimum Gasteiger partial charge on any atom is -0.449 e. The molecule has 0 atom stereocenters. The summed E-state index contributed by atoms with van der Waals surface area (Å²) >= 11 is 0. The number of anilines is 2. The molecular formula is C21H18N2O4. The number of esters is 2. The van der Waals surface area contributed by atoms with E-state index in [1.165, 1.54) is 0 Å². The number of hydrogen-bond donors (Lipinski definition) is 2. The van der Waals surface area contributed by atoms with Gasteiger partial charge in [-0.05, 0) is 41.8 Å². The molecule has 4 N–H and O–H groups in total. The minimum absolute atomic E-state index is 0.135. The lowest BCUT2D eigenvalue weighted by atomic mass is 9.99. The lowest BCUT2D eigenvalue weighted by molar-refractivity contribution is 0.0548. The predicted octanol–water partition coefficient (Wildman–Crippen LogP) is 2.02. The zero-order valence-electron chi connectivity index (χ0n) is 14.5. The van der Waals surface area contributed by atoms with Crippen LogP contribution in [0.15, 0.2) is 36.4 Å². The van der Waals surface area contributed by atoms with Crippen molar-refractivity contribution in [2.45, 2.75) is 6.42 Å². The first-order valence-corrected chi connectivity index (χ1v) is 7.94. The van der Waals surface area contributed by atoms with Crippen LogP contribution in [0.3, 0.4) is 0 Å². The summed E-state index contributed by atoms with van der Waals surface area (Å²) in [7, 11) is 0. The monoisotopic (exact) mass is 362 g/mol. The molecule has 0 saturated carbocycles. The molecule has 0 aliphatic heterocycles. The van der Waals surface area contributed by atoms with Crippen LogP contribution in [0.5, 0.6) is 0 Å². The minimum atomic E-state index is -0.594. The van der Waals surface area contributed by atoms with Gasteiger partial charge in [-0.25, -0.2) is 9.59 Å². The summed E-state index contributed by atoms with van der Waals surface area (Å²) in [5.41, 5.74) is 14.3. The van der Waals surface area contributed by atoms with Crippen molar-refractivity contribution in [1.29, 1.82) is 0 Å². The Bertz CT molecular complexity index is 874. The Labute approximate surface area is 157 Å². The number of nitrogens with two attached hydrogens (primary N) is 2. The van der Waals surface area contributed by atoms with Crippen molar-refractivity contribution < 1.29 is 19.1 Å². The van der Waals surface area contributed by atoms with Gasteiger partial charge in [0.05, 0.1) is 11.1 Å². The molecule has 0 radical (unpaired) electrons. The maximum absolute atomic E-state index is 12.0. The second kappa shape index (κ2) is 8.98. The maximum Gasteiger partial charge on any atom is 0.341 e. The molecule has 0 aromatic heterocycles. The van der Waals surface area contributed by atoms with Gasteiger partial charge in [0.15, 0.2) is 13.2 Å². The molecule has 136 valence electrons. The van der Waals surface area contributed by atoms with Crippen molar-refractivity contribution in [3.8, 4) is 24.7 Å². The van der Waals surface area contributed by atoms with Gasteiger partial charge in [0.25, 0.3) is 0 Å². The van der Waals surface area contributed by atoms with Crippen molar-refractivity contribution in [1.82, 2.24) is 0 Å². The lowest BCUT2D eigenvalue weighted by Crippen LogP contribution is -2.10. The summed E-state index contributed by atoms with van der Waals surface area (Å²) < 4.78 is 9.84. The third kappa shape index (κ3) is 5.04. The van der Waals surface area contributed by atoms with Crippen LogP contribution in [-0.2, 0) is 15.9 Å². The van der Waals surface area contributed by atoms with Gasteiger partial charge >= 0.3 is 11.9 Å². The molecule has 0 aliphatic rings. The van der Waals surface area contributed by atoms with Crippen LogP contribution in [0.2, 0.25) is 0 Å². The van der Waals surface area contributed by atoms with Crippen LogP contribution in [0, 0.1) is 24.7 Å². The fourth-order valence-corrected chi connectivity index (χ4v) is 2.39. The highest BCUT2D eigenvalue weighted by atomic mass is 16.5. The molecule has 0 bridgehead atoms. The first kappa shape index (κ1) is 19.4. The number of nitrogen functional groups attached to an aromatic ring is 2. The third-order valence-corrected chi connectivity index (χ3v) is 3.66. The van der Waals surface area contributed by atoms with Gasteiger partial charge < -0.3 is 20.9 Å². The maximum atomic E-state index is 12.0. The molecule has 0 heterocycles. The highest BCUT2D eigenvalue weighted by Crippen LogP contribution is 2.21. The van der Waals surface area contributed by atoms with Crippen LogP contribution in [0.25, 0.3) is 0 Å². The van der Waals surface area contributed by atoms with E-state index in [1.807, 2.05) is 0 Å². The first-order chi connectivity index (χ1) is 13.0. The van der Waals surface area contributed by atoms with Crippen LogP contribution < -0.4 is 11.5 Å². The Morgan fingerprint density at radius 3 is 1.59 bits per heavy atom. The summed E-state index contributed by atoms with van der Waals surface area (Å²) in [6.07, 6.45) is 10.6. The van der Waals surface area contributed by atoms with E-state index >= 15 is 0 Å². The second-order valence-electron chi connectivity index (χ2n) is 5.58. The number of ether oxygens (including phenoxy) is 2. The van der Waals surface area contributed by atoms with Crippen LogP contribution in [0.1, 0.15) is 31.8 Å². The standard InChI is InChI=1S/C21H18N2O4/c1-3-9-26-20(24)16-12-14(5-7-18(16)22)11-15-6-8-19(23)17(13-15)21(25)27-10-4-2/h1-2,5-8,12-13H,9-11,22-23H2. The summed E-state index contributed by atoms with van der Waals surface area (Å²) in [6.45, 7) is -0.271. The molecule has 0 fully saturated rings. The van der Waals surface area contributed by atoms with Crippen molar-refractivity contribution in [2.75, 3.05) is 24.7 Å². The fraction of sp³-hybridized carbons (Fsp3) is 0.143. The largest absolute Gasteiger partial charge is 0.449 e. The SMILES string of the molecule is C#CCOC(=O)c1cc(Cc2ccc(N)c(C(=O)OCC#C)c2)ccc1N. The quantitative estimate of drug-likeness (QED) is 0.463. The topological polar surface area (TPSA) is 105 Å². The molecule has 6 heteroatoms. The van der Waals surface area contributed by atoms with Gasteiger partial charge in [-0.15, -0.1) is 12.8 Å². The molecular weight excluding hydrogens is 344 g/mol. The summed E-state index contributed by atoms with van der Waals surface area (Å²) in [5, 5.41) is 0. The number of carbonyl (C=O) groups excluding carboxylic acids is 2. The average molecular weight is 362 g/mol. The van der Waals surface area contributed by atoms with Crippen LogP contribution in [0.4, 0.5) is 11.4 Å². The summed E-state index contributed by atoms with van der Waals surface area (Å²) in [5.74, 6) is 3.27. The Morgan fingerprint density at radius 2 is 1.22 bits per heavy atom. The Morgan fingerprint density at radius 1 is 0.815 bits per heavy atom. The van der Waals surface area contributed by atoms with Gasteiger partial charge in [-0.1, -0.05) is 24.0 Å². The van der Waals surface area contributed by atoms with Crippen molar-refractivity contribution in [3.05, 3.63) is 58.7 Å². The zero-order chi connectivity index (χ0) is 19.8. The summed E-state index contributed by atoms with van der Waals surface area (Å²) in [4.78, 5) is 24.1. The number of rotatable bonds is 6. The summed E-state index contributed by atoms with van der Waals surface area (Å²) in [6, 6.07) is 10.0. The van der Waals surface area contributed by atoms with Crippen molar-refractivity contribution in [2.24, 2.45) is 0 Å². The molecule has 2 aromatic carbocycles. The first-order valence-electron chi connectivity index (χ1n) is 7.94. The van der Waals surface area contributed by atoms with E-state index < -0.39 is 11.9 Å². The molecule has 6 nitrogen and oxygen atoms in total. The predicted molar refractivity (Wildman–Crippen MR) is 103 cm³/mol. The van der Waals surface area contributed by atoms with E-state index in [1.54, 1.807) is 36.4 Å². The van der Waals surface area contributed by atoms with E-state index in [4.69, 9.17) is 33.8 Å². The van der Waals surface area contributed by atoms with Crippen molar-refractivity contribution in [3.63, 3.8) is 0 Å². The normalized spacial score (nSPS) is 9.70. The van der Waals surface area contributed by atoms with Crippen LogP contribution in [-0.4, -0.2) is 25.2 Å². The lowest BCUT2D eigenvalue weighted by Gasteiger charge is -2.10. The smallest absolute Gasteiger partial charge is 0.341 e. The number of benzene rings is 2. The van der Waals surface area contributed by atoms with E-state index in [9.17, 15) is 9.59 Å². The Hall–Kier alpha value is -3.90. The van der Waals surface area contributed by atoms with Gasteiger partial charge in [-0.2, -0.15) is 0 Å². The number of carbonyl (C=O) groups is 2. The third-order valence-electron chi connectivity index (χ3n) is 3.66. The highest BCUT2D eigenvalue weighted by molar-refractivity contribution is 5.96. The van der Waals surface area contributed by atoms with E-state index in [0.717, 1.165) is 11.1 Å². The highest BCUT2D eigenvalue weighted by Gasteiger charge is 2.14. The number of hydrogen-bond acceptors (Lipinski definition) is 6.